The third-order valence-electron chi connectivity index (χ3n) is 3.58. The first kappa shape index (κ1) is 18.1. The van der Waals surface area contributed by atoms with Gasteiger partial charge in [0.2, 0.25) is 10.0 Å². The second kappa shape index (κ2) is 7.11. The zero-order chi connectivity index (χ0) is 17.9. The standard InChI is InChI=1S/C17H19FN2O3S/c1-4-12-5-7-13(8-6-12)19-17(21)15-11-14(9-10-16(15)18)24(22,23)20(2)3/h5-11H,4H2,1-3H3,(H,19,21). The second-order valence-electron chi connectivity index (χ2n) is 5.43. The molecule has 1 N–H and O–H groups in total. The predicted octanol–water partition coefficient (Wildman–Crippen LogP) is 2.89. The minimum atomic E-state index is -3.74. The lowest BCUT2D eigenvalue weighted by atomic mass is 10.1. The molecule has 2 aromatic carbocycles. The van der Waals surface area contributed by atoms with Crippen LogP contribution in [0.25, 0.3) is 0 Å². The third kappa shape index (κ3) is 3.80. The van der Waals surface area contributed by atoms with Crippen LogP contribution >= 0.6 is 0 Å². The lowest BCUT2D eigenvalue weighted by Gasteiger charge is -2.13. The van der Waals surface area contributed by atoms with Crippen LogP contribution in [0.2, 0.25) is 0 Å². The minimum absolute atomic E-state index is 0.139. The van der Waals surface area contributed by atoms with E-state index in [1.165, 1.54) is 14.1 Å². The molecule has 128 valence electrons. The molecular weight excluding hydrogens is 331 g/mol. The third-order valence-corrected chi connectivity index (χ3v) is 5.39. The highest BCUT2D eigenvalue weighted by Gasteiger charge is 2.21. The summed E-state index contributed by atoms with van der Waals surface area (Å²) in [5.41, 5.74) is 1.30. The quantitative estimate of drug-likeness (QED) is 0.902. The van der Waals surface area contributed by atoms with Crippen molar-refractivity contribution < 1.29 is 17.6 Å². The number of amides is 1. The van der Waals surface area contributed by atoms with E-state index in [9.17, 15) is 17.6 Å². The average Bonchev–Trinajstić information content (AvgIpc) is 2.55. The summed E-state index contributed by atoms with van der Waals surface area (Å²) in [6.45, 7) is 2.01. The monoisotopic (exact) mass is 350 g/mol. The number of sulfonamides is 1. The molecule has 24 heavy (non-hydrogen) atoms. The van der Waals surface area contributed by atoms with Crippen molar-refractivity contribution in [3.8, 4) is 0 Å². The van der Waals surface area contributed by atoms with Crippen LogP contribution in [0.3, 0.4) is 0 Å². The van der Waals surface area contributed by atoms with E-state index in [1.54, 1.807) is 12.1 Å². The number of nitrogens with one attached hydrogen (secondary N) is 1. The van der Waals surface area contributed by atoms with Gasteiger partial charge in [-0.1, -0.05) is 19.1 Å². The van der Waals surface area contributed by atoms with Crippen molar-refractivity contribution >= 4 is 21.6 Å². The van der Waals surface area contributed by atoms with Gasteiger partial charge in [-0.3, -0.25) is 4.79 Å². The lowest BCUT2D eigenvalue weighted by molar-refractivity contribution is 0.102. The molecule has 0 bridgehead atoms. The van der Waals surface area contributed by atoms with Gasteiger partial charge in [0.05, 0.1) is 10.5 Å². The first-order valence-corrected chi connectivity index (χ1v) is 8.82. The van der Waals surface area contributed by atoms with Gasteiger partial charge in [-0.05, 0) is 42.3 Å². The van der Waals surface area contributed by atoms with Crippen LogP contribution < -0.4 is 5.32 Å². The van der Waals surface area contributed by atoms with Crippen molar-refractivity contribution in [2.24, 2.45) is 0 Å². The molecule has 0 fully saturated rings. The van der Waals surface area contributed by atoms with E-state index in [0.717, 1.165) is 34.5 Å². The molecule has 0 saturated carbocycles. The van der Waals surface area contributed by atoms with Gasteiger partial charge < -0.3 is 5.32 Å². The minimum Gasteiger partial charge on any atom is -0.322 e. The van der Waals surface area contributed by atoms with Crippen LogP contribution in [-0.4, -0.2) is 32.7 Å². The van der Waals surface area contributed by atoms with E-state index < -0.39 is 21.7 Å². The van der Waals surface area contributed by atoms with Crippen molar-refractivity contribution in [2.75, 3.05) is 19.4 Å². The molecule has 7 heteroatoms. The molecule has 0 aliphatic rings. The van der Waals surface area contributed by atoms with Gasteiger partial charge in [-0.15, -0.1) is 0 Å². The number of hydrogen-bond acceptors (Lipinski definition) is 3. The lowest BCUT2D eigenvalue weighted by Crippen LogP contribution is -2.23. The maximum Gasteiger partial charge on any atom is 0.258 e. The van der Waals surface area contributed by atoms with Crippen LogP contribution in [0.4, 0.5) is 10.1 Å². The van der Waals surface area contributed by atoms with E-state index in [4.69, 9.17) is 0 Å². The Morgan fingerprint density at radius 2 is 1.75 bits per heavy atom. The molecule has 0 heterocycles. The van der Waals surface area contributed by atoms with Crippen molar-refractivity contribution in [1.29, 1.82) is 0 Å². The molecule has 0 aliphatic carbocycles. The predicted molar refractivity (Wildman–Crippen MR) is 91.0 cm³/mol. The van der Waals surface area contributed by atoms with E-state index in [1.807, 2.05) is 19.1 Å². The molecule has 2 aromatic rings. The summed E-state index contributed by atoms with van der Waals surface area (Å²) in [5.74, 6) is -1.48. The molecule has 0 unspecified atom stereocenters. The number of nitrogens with zero attached hydrogens (tertiary/aromatic N) is 1. The number of anilines is 1. The number of rotatable bonds is 5. The van der Waals surface area contributed by atoms with Gasteiger partial charge in [0.15, 0.2) is 0 Å². The fourth-order valence-electron chi connectivity index (χ4n) is 2.07. The van der Waals surface area contributed by atoms with Gasteiger partial charge in [-0.25, -0.2) is 17.1 Å². The molecule has 0 saturated heterocycles. The summed E-state index contributed by atoms with van der Waals surface area (Å²) in [5, 5.41) is 2.57. The Balaban J connectivity index is 2.31. The van der Waals surface area contributed by atoms with E-state index in [0.29, 0.717) is 5.69 Å². The Morgan fingerprint density at radius 1 is 1.12 bits per heavy atom. The SMILES string of the molecule is CCc1ccc(NC(=O)c2cc(S(=O)(=O)N(C)C)ccc2F)cc1. The Morgan fingerprint density at radius 3 is 2.29 bits per heavy atom. The average molecular weight is 350 g/mol. The Hall–Kier alpha value is -2.25. The number of benzene rings is 2. The van der Waals surface area contributed by atoms with E-state index in [2.05, 4.69) is 5.32 Å². The maximum absolute atomic E-state index is 14.0. The molecule has 5 nitrogen and oxygen atoms in total. The van der Waals surface area contributed by atoms with Crippen LogP contribution in [0.1, 0.15) is 22.8 Å². The molecule has 0 aromatic heterocycles. The smallest absolute Gasteiger partial charge is 0.258 e. The van der Waals surface area contributed by atoms with Crippen LogP contribution in [0.15, 0.2) is 47.4 Å². The maximum atomic E-state index is 14.0. The largest absolute Gasteiger partial charge is 0.322 e. The summed E-state index contributed by atoms with van der Waals surface area (Å²) in [6, 6.07) is 10.3. The fourth-order valence-corrected chi connectivity index (χ4v) is 3.00. The Kier molecular flexibility index (Phi) is 5.36. The molecule has 0 aliphatic heterocycles. The first-order valence-electron chi connectivity index (χ1n) is 7.38. The topological polar surface area (TPSA) is 66.5 Å². The van der Waals surface area contributed by atoms with Crippen molar-refractivity contribution in [2.45, 2.75) is 18.2 Å². The molecular formula is C17H19FN2O3S. The highest BCUT2D eigenvalue weighted by molar-refractivity contribution is 7.89. The van der Waals surface area contributed by atoms with Gasteiger partial charge in [0, 0.05) is 19.8 Å². The van der Waals surface area contributed by atoms with Crippen LogP contribution in [0, 0.1) is 5.82 Å². The summed E-state index contributed by atoms with van der Waals surface area (Å²) in [6.07, 6.45) is 0.868. The number of aryl methyl sites for hydroxylation is 1. The second-order valence-corrected chi connectivity index (χ2v) is 7.59. The zero-order valence-electron chi connectivity index (χ0n) is 13.7. The number of halogens is 1. The molecule has 1 amide bonds. The van der Waals surface area contributed by atoms with Crippen LogP contribution in [-0.2, 0) is 16.4 Å². The summed E-state index contributed by atoms with van der Waals surface area (Å²) >= 11 is 0. The van der Waals surface area contributed by atoms with Crippen molar-refractivity contribution in [1.82, 2.24) is 4.31 Å². The van der Waals surface area contributed by atoms with E-state index in [-0.39, 0.29) is 10.5 Å². The van der Waals surface area contributed by atoms with Crippen molar-refractivity contribution in [3.05, 3.63) is 59.4 Å². The zero-order valence-corrected chi connectivity index (χ0v) is 14.5. The number of carbonyl (C=O) groups is 1. The van der Waals surface area contributed by atoms with Gasteiger partial charge in [0.1, 0.15) is 5.82 Å². The molecule has 2 rings (SSSR count). The van der Waals surface area contributed by atoms with E-state index >= 15 is 0 Å². The van der Waals surface area contributed by atoms with Gasteiger partial charge >= 0.3 is 0 Å². The van der Waals surface area contributed by atoms with Crippen LogP contribution in [0.5, 0.6) is 0 Å². The number of hydrogen-bond donors (Lipinski definition) is 1. The molecule has 0 atom stereocenters. The summed E-state index contributed by atoms with van der Waals surface area (Å²) in [4.78, 5) is 12.1. The summed E-state index contributed by atoms with van der Waals surface area (Å²) in [7, 11) is -1.01. The van der Waals surface area contributed by atoms with Crippen molar-refractivity contribution in [3.63, 3.8) is 0 Å². The van der Waals surface area contributed by atoms with Gasteiger partial charge in [-0.2, -0.15) is 0 Å². The normalized spacial score (nSPS) is 11.5. The van der Waals surface area contributed by atoms with Gasteiger partial charge in [0.25, 0.3) is 5.91 Å². The molecule has 0 radical (unpaired) electrons. The Labute approximate surface area is 141 Å². The molecule has 0 spiro atoms. The number of carbonyl (C=O) groups excluding carboxylic acids is 1. The highest BCUT2D eigenvalue weighted by Crippen LogP contribution is 2.19. The first-order chi connectivity index (χ1) is 11.3. The fraction of sp³-hybridized carbons (Fsp3) is 0.235. The Bertz CT molecular complexity index is 847. The summed E-state index contributed by atoms with van der Waals surface area (Å²) < 4.78 is 39.2. The highest BCUT2D eigenvalue weighted by atomic mass is 32.2.